The third-order valence-electron chi connectivity index (χ3n) is 6.35. The summed E-state index contributed by atoms with van der Waals surface area (Å²) in [4.78, 5) is 8.74. The topological polar surface area (TPSA) is 104 Å². The summed E-state index contributed by atoms with van der Waals surface area (Å²) >= 11 is 0. The molecule has 0 bridgehead atoms. The molecule has 3 aliphatic rings. The lowest BCUT2D eigenvalue weighted by atomic mass is 9.96. The van der Waals surface area contributed by atoms with Crippen molar-refractivity contribution >= 4 is 11.5 Å². The molecule has 2 atom stereocenters. The number of anilines is 2. The molecule has 1 saturated carbocycles. The fourth-order valence-corrected chi connectivity index (χ4v) is 4.31. The first-order chi connectivity index (χ1) is 16.2. The van der Waals surface area contributed by atoms with Gasteiger partial charge >= 0.3 is 0 Å². The largest absolute Gasteiger partial charge is 0.454 e. The lowest BCUT2D eigenvalue weighted by Crippen LogP contribution is -2.37. The predicted octanol–water partition coefficient (Wildman–Crippen LogP) is 3.87. The average molecular weight is 450 g/mol. The molecule has 9 heteroatoms. The number of nitrogens with one attached hydrogen (secondary N) is 1. The van der Waals surface area contributed by atoms with Crippen LogP contribution in [0.15, 0.2) is 42.9 Å². The summed E-state index contributed by atoms with van der Waals surface area (Å²) in [5, 5.41) is 18.0. The Morgan fingerprint density at radius 1 is 1.06 bits per heavy atom. The van der Waals surface area contributed by atoms with Crippen molar-refractivity contribution in [3.63, 3.8) is 0 Å². The van der Waals surface area contributed by atoms with Gasteiger partial charge in [0, 0.05) is 43.3 Å². The van der Waals surface area contributed by atoms with Gasteiger partial charge in [-0.05, 0) is 43.9 Å². The number of hydrogen-bond donors (Lipinski definition) is 2. The van der Waals surface area contributed by atoms with Crippen molar-refractivity contribution in [2.75, 3.05) is 25.1 Å². The second-order valence-corrected chi connectivity index (χ2v) is 8.87. The minimum Gasteiger partial charge on any atom is -0.454 e. The molecule has 2 saturated heterocycles. The third kappa shape index (κ3) is 4.44. The van der Waals surface area contributed by atoms with Crippen molar-refractivity contribution < 1.29 is 19.3 Å². The highest BCUT2D eigenvalue weighted by atomic mass is 16.5. The van der Waals surface area contributed by atoms with Crippen LogP contribution < -0.4 is 10.1 Å². The second kappa shape index (κ2) is 8.74. The fourth-order valence-electron chi connectivity index (χ4n) is 4.31. The van der Waals surface area contributed by atoms with E-state index in [9.17, 15) is 5.11 Å². The number of hydrogen-bond acceptors (Lipinski definition) is 8. The maximum Gasteiger partial charge on any atom is 0.168 e. The normalized spacial score (nSPS) is 23.2. The minimum absolute atomic E-state index is 0.345. The van der Waals surface area contributed by atoms with E-state index in [1.165, 1.54) is 12.8 Å². The minimum atomic E-state index is -0.510. The molecule has 1 aliphatic carbocycles. The Balaban J connectivity index is 1.21. The number of rotatable bonds is 7. The summed E-state index contributed by atoms with van der Waals surface area (Å²) < 4.78 is 19.4. The van der Waals surface area contributed by atoms with Gasteiger partial charge in [0.25, 0.3) is 0 Å². The van der Waals surface area contributed by atoms with Crippen LogP contribution in [0.3, 0.4) is 0 Å². The molecule has 0 spiro atoms. The van der Waals surface area contributed by atoms with E-state index in [1.807, 2.05) is 30.5 Å². The Hall–Kier alpha value is -3.01. The van der Waals surface area contributed by atoms with Crippen LogP contribution in [-0.2, 0) is 9.47 Å². The van der Waals surface area contributed by atoms with Gasteiger partial charge in [0.1, 0.15) is 29.5 Å². The third-order valence-corrected chi connectivity index (χ3v) is 6.35. The number of aliphatic hydroxyl groups is 1. The highest BCUT2D eigenvalue weighted by Crippen LogP contribution is 2.40. The zero-order valence-corrected chi connectivity index (χ0v) is 18.3. The van der Waals surface area contributed by atoms with Crippen molar-refractivity contribution in [1.29, 1.82) is 0 Å². The molecule has 2 aliphatic heterocycles. The van der Waals surface area contributed by atoms with Gasteiger partial charge in [-0.1, -0.05) is 0 Å². The van der Waals surface area contributed by atoms with Crippen molar-refractivity contribution in [3.05, 3.63) is 54.2 Å². The van der Waals surface area contributed by atoms with Crippen LogP contribution in [0.5, 0.6) is 11.5 Å². The Morgan fingerprint density at radius 3 is 2.67 bits per heavy atom. The summed E-state index contributed by atoms with van der Waals surface area (Å²) in [7, 11) is 0. The maximum absolute atomic E-state index is 9.85. The SMILES string of the molecule is OC1COC1c1cc(Nc2cc(Oc3cn(C4CC4)nc3C3CCOCC3)ccn2)ccn1. The van der Waals surface area contributed by atoms with Crippen molar-refractivity contribution in [3.8, 4) is 11.5 Å². The highest BCUT2D eigenvalue weighted by Gasteiger charge is 2.33. The number of pyridine rings is 2. The van der Waals surface area contributed by atoms with Crippen LogP contribution in [0.25, 0.3) is 0 Å². The van der Waals surface area contributed by atoms with Gasteiger partial charge in [-0.15, -0.1) is 0 Å². The van der Waals surface area contributed by atoms with Gasteiger partial charge in [-0.25, -0.2) is 4.98 Å². The standard InChI is InChI=1S/C24H27N5O4/c30-20-14-32-24(20)19-11-16(3-7-25-19)27-22-12-18(4-8-26-22)33-21-13-29(17-1-2-17)28-23(21)15-5-9-31-10-6-15/h3-4,7-8,11-13,15,17,20,24,30H,1-2,5-6,9-10,14H2,(H,25,26,27). The molecule has 5 heterocycles. The van der Waals surface area contributed by atoms with Gasteiger partial charge in [0.05, 0.1) is 24.5 Å². The fraction of sp³-hybridized carbons (Fsp3) is 0.458. The van der Waals surface area contributed by atoms with Crippen LogP contribution in [0.4, 0.5) is 11.5 Å². The summed E-state index contributed by atoms with van der Waals surface area (Å²) in [6.45, 7) is 1.87. The van der Waals surface area contributed by atoms with E-state index >= 15 is 0 Å². The molecule has 2 unspecified atom stereocenters. The van der Waals surface area contributed by atoms with E-state index in [2.05, 4.69) is 20.0 Å². The smallest absolute Gasteiger partial charge is 0.168 e. The molecule has 6 rings (SSSR count). The quantitative estimate of drug-likeness (QED) is 0.560. The molecular formula is C24H27N5O4. The lowest BCUT2D eigenvalue weighted by Gasteiger charge is -2.32. The first-order valence-corrected chi connectivity index (χ1v) is 11.6. The Labute approximate surface area is 191 Å². The van der Waals surface area contributed by atoms with E-state index in [-0.39, 0.29) is 6.10 Å². The molecule has 0 aromatic carbocycles. The van der Waals surface area contributed by atoms with Gasteiger partial charge in [-0.3, -0.25) is 9.67 Å². The molecule has 2 N–H and O–H groups in total. The Bertz CT molecular complexity index is 1130. The van der Waals surface area contributed by atoms with Crippen LogP contribution >= 0.6 is 0 Å². The molecule has 0 radical (unpaired) electrons. The van der Waals surface area contributed by atoms with Crippen molar-refractivity contribution in [2.24, 2.45) is 0 Å². The molecule has 33 heavy (non-hydrogen) atoms. The van der Waals surface area contributed by atoms with Crippen LogP contribution in [0.2, 0.25) is 0 Å². The van der Waals surface area contributed by atoms with Gasteiger partial charge in [-0.2, -0.15) is 5.10 Å². The summed E-state index contributed by atoms with van der Waals surface area (Å²) in [5.41, 5.74) is 2.53. The molecule has 3 fully saturated rings. The maximum atomic E-state index is 9.85. The molecular weight excluding hydrogens is 422 g/mol. The highest BCUT2D eigenvalue weighted by molar-refractivity contribution is 5.57. The van der Waals surface area contributed by atoms with Gasteiger partial charge in [0.15, 0.2) is 5.75 Å². The van der Waals surface area contributed by atoms with E-state index in [1.54, 1.807) is 12.4 Å². The average Bonchev–Trinajstić information content (AvgIpc) is 3.60. The second-order valence-electron chi connectivity index (χ2n) is 8.87. The van der Waals surface area contributed by atoms with Crippen LogP contribution in [0.1, 0.15) is 55.1 Å². The zero-order valence-electron chi connectivity index (χ0n) is 18.3. The zero-order chi connectivity index (χ0) is 22.2. The van der Waals surface area contributed by atoms with Gasteiger partial charge in [0.2, 0.25) is 0 Å². The first-order valence-electron chi connectivity index (χ1n) is 11.6. The van der Waals surface area contributed by atoms with Crippen LogP contribution in [0, 0.1) is 0 Å². The predicted molar refractivity (Wildman–Crippen MR) is 120 cm³/mol. The van der Waals surface area contributed by atoms with Crippen molar-refractivity contribution in [2.45, 2.75) is 49.9 Å². The summed E-state index contributed by atoms with van der Waals surface area (Å²) in [5.74, 6) is 2.52. The molecule has 3 aromatic heterocycles. The number of ether oxygens (including phenoxy) is 3. The number of aromatic nitrogens is 4. The molecule has 3 aromatic rings. The molecule has 9 nitrogen and oxygen atoms in total. The summed E-state index contributed by atoms with van der Waals surface area (Å²) in [6.07, 6.45) is 8.84. The first kappa shape index (κ1) is 20.6. The monoisotopic (exact) mass is 449 g/mol. The van der Waals surface area contributed by atoms with E-state index < -0.39 is 6.10 Å². The molecule has 0 amide bonds. The van der Waals surface area contributed by atoms with Gasteiger partial charge < -0.3 is 24.6 Å². The summed E-state index contributed by atoms with van der Waals surface area (Å²) in [6, 6.07) is 7.94. The van der Waals surface area contributed by atoms with Crippen LogP contribution in [-0.4, -0.2) is 50.8 Å². The number of nitrogens with zero attached hydrogens (tertiary/aromatic N) is 4. The molecule has 172 valence electrons. The Morgan fingerprint density at radius 2 is 1.91 bits per heavy atom. The number of aliphatic hydroxyl groups excluding tert-OH is 1. The Kier molecular flexibility index (Phi) is 5.45. The van der Waals surface area contributed by atoms with E-state index in [0.29, 0.717) is 35.8 Å². The van der Waals surface area contributed by atoms with Crippen molar-refractivity contribution in [1.82, 2.24) is 19.7 Å². The lowest BCUT2D eigenvalue weighted by molar-refractivity contribution is -0.167. The van der Waals surface area contributed by atoms with E-state index in [0.717, 1.165) is 43.2 Å². The van der Waals surface area contributed by atoms with E-state index in [4.69, 9.17) is 19.3 Å².